The summed E-state index contributed by atoms with van der Waals surface area (Å²) in [6, 6.07) is 11.1. The monoisotopic (exact) mass is 395 g/mol. The molecule has 152 valence electrons. The van der Waals surface area contributed by atoms with Crippen LogP contribution in [0.15, 0.2) is 48.8 Å². The van der Waals surface area contributed by atoms with Crippen molar-refractivity contribution >= 4 is 28.3 Å². The molecular formula is C21H25N5O3. The van der Waals surface area contributed by atoms with Crippen molar-refractivity contribution in [2.75, 3.05) is 39.6 Å². The Morgan fingerprint density at radius 3 is 2.62 bits per heavy atom. The van der Waals surface area contributed by atoms with E-state index in [0.29, 0.717) is 23.5 Å². The van der Waals surface area contributed by atoms with Gasteiger partial charge in [0.05, 0.1) is 19.0 Å². The third kappa shape index (κ3) is 5.11. The number of aromatic nitrogens is 2. The molecule has 3 rings (SSSR count). The largest absolute Gasteiger partial charge is 0.496 e. The molecule has 0 radical (unpaired) electrons. The van der Waals surface area contributed by atoms with Crippen LogP contribution in [0.5, 0.6) is 5.75 Å². The minimum Gasteiger partial charge on any atom is -0.496 e. The van der Waals surface area contributed by atoms with Gasteiger partial charge in [-0.25, -0.2) is 0 Å². The topological polar surface area (TPSA) is 88.5 Å². The van der Waals surface area contributed by atoms with E-state index in [9.17, 15) is 9.59 Å². The normalized spacial score (nSPS) is 10.9. The van der Waals surface area contributed by atoms with Crippen LogP contribution in [0.1, 0.15) is 10.4 Å². The van der Waals surface area contributed by atoms with Crippen molar-refractivity contribution in [2.24, 2.45) is 0 Å². The summed E-state index contributed by atoms with van der Waals surface area (Å²) in [6.45, 7) is 1.43. The van der Waals surface area contributed by atoms with Gasteiger partial charge in [0.2, 0.25) is 5.91 Å². The Balaban J connectivity index is 1.67. The summed E-state index contributed by atoms with van der Waals surface area (Å²) in [5.41, 5.74) is 1.06. The molecule has 29 heavy (non-hydrogen) atoms. The smallest absolute Gasteiger partial charge is 0.256 e. The SMILES string of the molecule is COc1ccc(C(=O)Nc2cnn(CC(=O)NCCN(C)C)c2)c2ccccc12. The zero-order valence-electron chi connectivity index (χ0n) is 16.8. The molecule has 0 aliphatic rings. The minimum absolute atomic E-state index is 0.0920. The average molecular weight is 395 g/mol. The van der Waals surface area contributed by atoms with E-state index in [2.05, 4.69) is 15.7 Å². The van der Waals surface area contributed by atoms with Gasteiger partial charge in [-0.2, -0.15) is 5.10 Å². The van der Waals surface area contributed by atoms with Crippen molar-refractivity contribution in [1.82, 2.24) is 20.0 Å². The lowest BCUT2D eigenvalue weighted by atomic mass is 10.0. The summed E-state index contributed by atoms with van der Waals surface area (Å²) in [4.78, 5) is 26.7. The highest BCUT2D eigenvalue weighted by atomic mass is 16.5. The van der Waals surface area contributed by atoms with Gasteiger partial charge in [0, 0.05) is 30.2 Å². The van der Waals surface area contributed by atoms with E-state index in [1.165, 1.54) is 10.9 Å². The van der Waals surface area contributed by atoms with Crippen LogP contribution in [0.2, 0.25) is 0 Å². The number of nitrogens with one attached hydrogen (secondary N) is 2. The third-order valence-corrected chi connectivity index (χ3v) is 4.43. The van der Waals surface area contributed by atoms with Crippen LogP contribution in [0.25, 0.3) is 10.8 Å². The lowest BCUT2D eigenvalue weighted by molar-refractivity contribution is -0.121. The molecule has 0 aliphatic heterocycles. The fourth-order valence-electron chi connectivity index (χ4n) is 2.98. The van der Waals surface area contributed by atoms with Crippen molar-refractivity contribution in [1.29, 1.82) is 0 Å². The van der Waals surface area contributed by atoms with Crippen molar-refractivity contribution in [3.05, 3.63) is 54.4 Å². The van der Waals surface area contributed by atoms with Crippen LogP contribution in [-0.4, -0.2) is 60.8 Å². The van der Waals surface area contributed by atoms with Gasteiger partial charge in [-0.15, -0.1) is 0 Å². The summed E-state index contributed by atoms with van der Waals surface area (Å²) in [6.07, 6.45) is 3.16. The highest BCUT2D eigenvalue weighted by Gasteiger charge is 2.14. The predicted octanol–water partition coefficient (Wildman–Crippen LogP) is 1.97. The first kappa shape index (κ1) is 20.3. The fraction of sp³-hybridized carbons (Fsp3) is 0.286. The first-order chi connectivity index (χ1) is 14.0. The van der Waals surface area contributed by atoms with E-state index >= 15 is 0 Å². The van der Waals surface area contributed by atoms with Gasteiger partial charge in [0.1, 0.15) is 12.3 Å². The average Bonchev–Trinajstić information content (AvgIpc) is 3.13. The number of nitrogens with zero attached hydrogens (tertiary/aromatic N) is 3. The molecule has 1 heterocycles. The Kier molecular flexibility index (Phi) is 6.46. The summed E-state index contributed by atoms with van der Waals surface area (Å²) < 4.78 is 6.87. The van der Waals surface area contributed by atoms with Gasteiger partial charge in [0.15, 0.2) is 0 Å². The number of likely N-dealkylation sites (N-methyl/N-ethyl adjacent to an activating group) is 1. The Labute approximate surface area is 169 Å². The van der Waals surface area contributed by atoms with E-state index in [4.69, 9.17) is 4.74 Å². The molecule has 2 amide bonds. The molecule has 2 aromatic carbocycles. The molecular weight excluding hydrogens is 370 g/mol. The highest BCUT2D eigenvalue weighted by Crippen LogP contribution is 2.28. The Morgan fingerprint density at radius 2 is 1.90 bits per heavy atom. The number of anilines is 1. The number of carbonyl (C=O) groups is 2. The zero-order chi connectivity index (χ0) is 20.8. The number of hydrogen-bond donors (Lipinski definition) is 2. The van der Waals surface area contributed by atoms with Gasteiger partial charge in [-0.05, 0) is 31.6 Å². The summed E-state index contributed by atoms with van der Waals surface area (Å²) >= 11 is 0. The van der Waals surface area contributed by atoms with Gasteiger partial charge in [-0.1, -0.05) is 24.3 Å². The molecule has 0 unspecified atom stereocenters. The summed E-state index contributed by atoms with van der Waals surface area (Å²) in [5.74, 6) is 0.332. The summed E-state index contributed by atoms with van der Waals surface area (Å²) in [7, 11) is 5.49. The van der Waals surface area contributed by atoms with Gasteiger partial charge in [0.25, 0.3) is 5.91 Å². The maximum Gasteiger partial charge on any atom is 0.256 e. The lowest BCUT2D eigenvalue weighted by Crippen LogP contribution is -2.33. The highest BCUT2D eigenvalue weighted by molar-refractivity contribution is 6.13. The lowest BCUT2D eigenvalue weighted by Gasteiger charge is -2.10. The molecule has 1 aromatic heterocycles. The van der Waals surface area contributed by atoms with E-state index in [0.717, 1.165) is 17.3 Å². The molecule has 0 saturated heterocycles. The second-order valence-corrected chi connectivity index (χ2v) is 6.89. The first-order valence-electron chi connectivity index (χ1n) is 9.29. The molecule has 8 nitrogen and oxygen atoms in total. The van der Waals surface area contributed by atoms with Crippen LogP contribution in [0.4, 0.5) is 5.69 Å². The van der Waals surface area contributed by atoms with E-state index in [-0.39, 0.29) is 18.4 Å². The first-order valence-corrected chi connectivity index (χ1v) is 9.29. The second kappa shape index (κ2) is 9.20. The number of carbonyl (C=O) groups excluding carboxylic acids is 2. The number of ether oxygens (including phenoxy) is 1. The Hall–Kier alpha value is -3.39. The van der Waals surface area contributed by atoms with Crippen LogP contribution in [0, 0.1) is 0 Å². The maximum absolute atomic E-state index is 12.8. The minimum atomic E-state index is -0.251. The second-order valence-electron chi connectivity index (χ2n) is 6.89. The van der Waals surface area contributed by atoms with Gasteiger partial charge in [-0.3, -0.25) is 14.3 Å². The van der Waals surface area contributed by atoms with E-state index < -0.39 is 0 Å². The number of hydrogen-bond acceptors (Lipinski definition) is 5. The molecule has 0 atom stereocenters. The fourth-order valence-corrected chi connectivity index (χ4v) is 2.98. The van der Waals surface area contributed by atoms with Crippen molar-refractivity contribution in [3.8, 4) is 5.75 Å². The summed E-state index contributed by atoms with van der Waals surface area (Å²) in [5, 5.41) is 11.5. The van der Waals surface area contributed by atoms with Crippen LogP contribution >= 0.6 is 0 Å². The zero-order valence-corrected chi connectivity index (χ0v) is 16.8. The molecule has 2 N–H and O–H groups in total. The Bertz CT molecular complexity index is 1010. The van der Waals surface area contributed by atoms with E-state index in [1.54, 1.807) is 25.4 Å². The number of methoxy groups -OCH3 is 1. The maximum atomic E-state index is 12.8. The van der Waals surface area contributed by atoms with E-state index in [1.807, 2.05) is 43.3 Å². The number of amides is 2. The molecule has 0 fully saturated rings. The number of rotatable bonds is 8. The Morgan fingerprint density at radius 1 is 1.14 bits per heavy atom. The number of benzene rings is 2. The molecule has 0 saturated carbocycles. The predicted molar refractivity (Wildman–Crippen MR) is 112 cm³/mol. The van der Waals surface area contributed by atoms with Crippen molar-refractivity contribution in [3.63, 3.8) is 0 Å². The molecule has 0 spiro atoms. The van der Waals surface area contributed by atoms with Crippen molar-refractivity contribution in [2.45, 2.75) is 6.54 Å². The standard InChI is InChI=1S/C21H25N5O3/c1-25(2)11-10-22-20(27)14-26-13-15(12-23-26)24-21(28)18-8-9-19(29-3)17-7-5-4-6-16(17)18/h4-9,12-13H,10-11,14H2,1-3H3,(H,22,27)(H,24,28). The quantitative estimate of drug-likeness (QED) is 0.609. The third-order valence-electron chi connectivity index (χ3n) is 4.43. The molecule has 3 aromatic rings. The van der Waals surface area contributed by atoms with Crippen LogP contribution < -0.4 is 15.4 Å². The van der Waals surface area contributed by atoms with Gasteiger partial charge < -0.3 is 20.3 Å². The molecule has 0 aliphatic carbocycles. The van der Waals surface area contributed by atoms with Crippen LogP contribution in [-0.2, 0) is 11.3 Å². The molecule has 0 bridgehead atoms. The number of fused-ring (bicyclic) bond motifs is 1. The molecule has 8 heteroatoms. The van der Waals surface area contributed by atoms with Crippen molar-refractivity contribution < 1.29 is 14.3 Å². The van der Waals surface area contributed by atoms with Gasteiger partial charge >= 0.3 is 0 Å². The van der Waals surface area contributed by atoms with Crippen LogP contribution in [0.3, 0.4) is 0 Å².